The Kier molecular flexibility index (Phi) is 1.37. The molecule has 1 fully saturated rings. The van der Waals surface area contributed by atoms with Crippen LogP contribution >= 0.6 is 12.6 Å². The molecule has 1 aliphatic heterocycles. The van der Waals surface area contributed by atoms with Crippen molar-refractivity contribution in [1.29, 1.82) is 0 Å². The maximum absolute atomic E-state index is 4.98. The fraction of sp³-hybridized carbons (Fsp3) is 1.00. The summed E-state index contributed by atoms with van der Waals surface area (Å²) in [5, 5.41) is 0.519. The Morgan fingerprint density at radius 3 is 2.67 bits per heavy atom. The Labute approximate surface area is 43.1 Å². The highest BCUT2D eigenvalue weighted by molar-refractivity contribution is 7.81. The van der Waals surface area contributed by atoms with E-state index in [9.17, 15) is 0 Å². The van der Waals surface area contributed by atoms with Crippen LogP contribution in [0.2, 0.25) is 0 Å². The van der Waals surface area contributed by atoms with E-state index in [4.69, 9.17) is 4.74 Å². The van der Waals surface area contributed by atoms with Gasteiger partial charge in [-0.25, -0.2) is 0 Å². The Morgan fingerprint density at radius 1 is 1.67 bits per heavy atom. The average molecular weight is 104 g/mol. The van der Waals surface area contributed by atoms with Crippen molar-refractivity contribution in [3.63, 3.8) is 0 Å². The van der Waals surface area contributed by atoms with Crippen LogP contribution in [0.1, 0.15) is 6.42 Å². The zero-order valence-electron chi connectivity index (χ0n) is 3.55. The quantitative estimate of drug-likeness (QED) is 0.445. The van der Waals surface area contributed by atoms with Gasteiger partial charge in [0.25, 0.3) is 0 Å². The molecular weight excluding hydrogens is 96.1 g/mol. The van der Waals surface area contributed by atoms with E-state index in [1.165, 1.54) is 0 Å². The smallest absolute Gasteiger partial charge is 0.0583 e. The fourth-order valence-corrected chi connectivity index (χ4v) is 0.733. The summed E-state index contributed by atoms with van der Waals surface area (Å²) in [5.74, 6) is 0. The van der Waals surface area contributed by atoms with E-state index in [0.29, 0.717) is 5.25 Å². The van der Waals surface area contributed by atoms with Gasteiger partial charge in [0.15, 0.2) is 0 Å². The molecule has 0 aromatic carbocycles. The fourth-order valence-electron chi connectivity index (χ4n) is 0.522. The molecule has 0 amide bonds. The summed E-state index contributed by atoms with van der Waals surface area (Å²) < 4.78 is 4.98. The second kappa shape index (κ2) is 1.85. The first-order valence-corrected chi connectivity index (χ1v) is 2.67. The summed E-state index contributed by atoms with van der Waals surface area (Å²) in [6.45, 7) is 1.76. The van der Waals surface area contributed by atoms with Crippen LogP contribution in [-0.4, -0.2) is 18.5 Å². The molecule has 0 aliphatic carbocycles. The predicted molar refractivity (Wildman–Crippen MR) is 28.2 cm³/mol. The van der Waals surface area contributed by atoms with E-state index in [0.717, 1.165) is 19.6 Å². The second-order valence-corrected chi connectivity index (χ2v) is 2.25. The molecule has 0 spiro atoms. The molecule has 1 nitrogen and oxygen atoms in total. The van der Waals surface area contributed by atoms with Gasteiger partial charge in [-0.05, 0) is 6.42 Å². The van der Waals surface area contributed by atoms with Crippen LogP contribution in [0.3, 0.4) is 0 Å². The van der Waals surface area contributed by atoms with Gasteiger partial charge in [-0.15, -0.1) is 0 Å². The molecule has 0 N–H and O–H groups in total. The SMILES string of the molecule is SC1CCOC1. The normalized spacial score (nSPS) is 34.5. The molecule has 6 heavy (non-hydrogen) atoms. The summed E-state index contributed by atoms with van der Waals surface area (Å²) in [6, 6.07) is 0. The van der Waals surface area contributed by atoms with Crippen molar-refractivity contribution >= 4 is 12.6 Å². The van der Waals surface area contributed by atoms with Crippen molar-refractivity contribution in [3.05, 3.63) is 0 Å². The van der Waals surface area contributed by atoms with Crippen molar-refractivity contribution in [2.24, 2.45) is 0 Å². The highest BCUT2D eigenvalue weighted by atomic mass is 32.1. The van der Waals surface area contributed by atoms with E-state index in [1.807, 2.05) is 0 Å². The third-order valence-corrected chi connectivity index (χ3v) is 1.31. The van der Waals surface area contributed by atoms with Gasteiger partial charge in [-0.3, -0.25) is 0 Å². The Balaban J connectivity index is 2.18. The third-order valence-electron chi connectivity index (χ3n) is 0.906. The molecule has 0 aromatic heterocycles. The van der Waals surface area contributed by atoms with Crippen molar-refractivity contribution < 1.29 is 4.74 Å². The van der Waals surface area contributed by atoms with Crippen LogP contribution in [0.5, 0.6) is 0 Å². The lowest BCUT2D eigenvalue weighted by atomic mass is 10.4. The lowest BCUT2D eigenvalue weighted by Crippen LogP contribution is -1.92. The van der Waals surface area contributed by atoms with Gasteiger partial charge in [0.2, 0.25) is 0 Å². The van der Waals surface area contributed by atoms with Crippen molar-refractivity contribution in [2.45, 2.75) is 11.7 Å². The molecule has 0 aromatic rings. The maximum Gasteiger partial charge on any atom is 0.0583 e. The summed E-state index contributed by atoms with van der Waals surface area (Å²) in [7, 11) is 0. The predicted octanol–water partition coefficient (Wildman–Crippen LogP) is 0.705. The van der Waals surface area contributed by atoms with E-state index in [1.54, 1.807) is 0 Å². The van der Waals surface area contributed by atoms with Gasteiger partial charge in [0.1, 0.15) is 0 Å². The molecule has 1 saturated heterocycles. The van der Waals surface area contributed by atoms with E-state index in [2.05, 4.69) is 12.6 Å². The monoisotopic (exact) mass is 104 g/mol. The maximum atomic E-state index is 4.98. The Morgan fingerprint density at radius 2 is 2.50 bits per heavy atom. The topological polar surface area (TPSA) is 9.23 Å². The van der Waals surface area contributed by atoms with Crippen molar-refractivity contribution in [1.82, 2.24) is 0 Å². The molecule has 1 heterocycles. The summed E-state index contributed by atoms with van der Waals surface area (Å²) >= 11 is 4.17. The highest BCUT2D eigenvalue weighted by Gasteiger charge is 2.08. The summed E-state index contributed by atoms with van der Waals surface area (Å²) in [6.07, 6.45) is 1.13. The molecular formula is C4H8OS. The van der Waals surface area contributed by atoms with Crippen LogP contribution in [0, 0.1) is 0 Å². The lowest BCUT2D eigenvalue weighted by Gasteiger charge is -1.88. The first kappa shape index (κ1) is 4.47. The van der Waals surface area contributed by atoms with Gasteiger partial charge in [-0.1, -0.05) is 0 Å². The zero-order valence-corrected chi connectivity index (χ0v) is 4.45. The van der Waals surface area contributed by atoms with Crippen LogP contribution in [0.25, 0.3) is 0 Å². The minimum absolute atomic E-state index is 0.519. The second-order valence-electron chi connectivity index (χ2n) is 1.52. The molecule has 1 aliphatic rings. The Hall–Kier alpha value is 0.310. The number of thiol groups is 1. The standard InChI is InChI=1S/C4H8OS/c6-4-1-2-5-3-4/h4,6H,1-3H2. The largest absolute Gasteiger partial charge is 0.380 e. The highest BCUT2D eigenvalue weighted by Crippen LogP contribution is 2.08. The minimum atomic E-state index is 0.519. The van der Waals surface area contributed by atoms with Crippen LogP contribution in [0.4, 0.5) is 0 Å². The molecule has 2 heteroatoms. The lowest BCUT2D eigenvalue weighted by molar-refractivity contribution is 0.199. The average Bonchev–Trinajstić information content (AvgIpc) is 1.86. The molecule has 0 radical (unpaired) electrons. The van der Waals surface area contributed by atoms with E-state index < -0.39 is 0 Å². The zero-order chi connectivity index (χ0) is 4.41. The van der Waals surface area contributed by atoms with Crippen LogP contribution in [-0.2, 0) is 4.74 Å². The van der Waals surface area contributed by atoms with Gasteiger partial charge < -0.3 is 4.74 Å². The summed E-state index contributed by atoms with van der Waals surface area (Å²) in [4.78, 5) is 0. The van der Waals surface area contributed by atoms with Gasteiger partial charge in [-0.2, -0.15) is 12.6 Å². The summed E-state index contributed by atoms with van der Waals surface area (Å²) in [5.41, 5.74) is 0. The molecule has 36 valence electrons. The molecule has 1 rings (SSSR count). The van der Waals surface area contributed by atoms with Crippen molar-refractivity contribution in [2.75, 3.05) is 13.2 Å². The van der Waals surface area contributed by atoms with Crippen molar-refractivity contribution in [3.8, 4) is 0 Å². The molecule has 1 unspecified atom stereocenters. The van der Waals surface area contributed by atoms with E-state index in [-0.39, 0.29) is 0 Å². The third kappa shape index (κ3) is 0.884. The molecule has 0 saturated carbocycles. The van der Waals surface area contributed by atoms with Gasteiger partial charge >= 0.3 is 0 Å². The number of ether oxygens (including phenoxy) is 1. The number of hydrogen-bond donors (Lipinski definition) is 1. The van der Waals surface area contributed by atoms with Gasteiger partial charge in [0.05, 0.1) is 6.61 Å². The van der Waals surface area contributed by atoms with E-state index >= 15 is 0 Å². The van der Waals surface area contributed by atoms with Gasteiger partial charge in [0, 0.05) is 11.9 Å². The Bertz CT molecular complexity index is 40.8. The molecule has 1 atom stereocenters. The van der Waals surface area contributed by atoms with Crippen LogP contribution < -0.4 is 0 Å². The first-order chi connectivity index (χ1) is 2.89. The minimum Gasteiger partial charge on any atom is -0.380 e. The first-order valence-electron chi connectivity index (χ1n) is 2.15. The van der Waals surface area contributed by atoms with Crippen LogP contribution in [0.15, 0.2) is 0 Å². The number of rotatable bonds is 0. The molecule has 0 bridgehead atoms. The number of hydrogen-bond acceptors (Lipinski definition) is 2.